The molecular weight excluding hydrogens is 418 g/mol. The van der Waals surface area contributed by atoms with Crippen LogP contribution in [0.5, 0.6) is 0 Å². The first-order chi connectivity index (χ1) is 16.6. The molecule has 1 amide bonds. The predicted molar refractivity (Wildman–Crippen MR) is 145 cm³/mol. The Bertz CT molecular complexity index is 1100. The van der Waals surface area contributed by atoms with Crippen LogP contribution < -0.4 is 10.2 Å². The van der Waals surface area contributed by atoms with Crippen molar-refractivity contribution >= 4 is 17.8 Å². The quantitative estimate of drug-likeness (QED) is 0.513. The third-order valence-corrected chi connectivity index (χ3v) is 6.63. The van der Waals surface area contributed by atoms with Gasteiger partial charge in [-0.25, -0.2) is 0 Å². The first-order valence-corrected chi connectivity index (χ1v) is 12.3. The topological polar surface area (TPSA) is 44.7 Å². The molecule has 0 saturated carbocycles. The van der Waals surface area contributed by atoms with Crippen LogP contribution in [0.25, 0.3) is 11.1 Å². The molecule has 0 spiro atoms. The number of nitrogens with one attached hydrogen (secondary N) is 1. The fourth-order valence-corrected chi connectivity index (χ4v) is 4.86. The lowest BCUT2D eigenvalue weighted by atomic mass is 9.92. The third kappa shape index (κ3) is 5.56. The van der Waals surface area contributed by atoms with Crippen LogP contribution in [-0.4, -0.2) is 37.3 Å². The number of nitrogens with zero attached hydrogens (tertiary/aromatic N) is 2. The van der Waals surface area contributed by atoms with Crippen molar-refractivity contribution in [3.63, 3.8) is 0 Å². The highest BCUT2D eigenvalue weighted by atomic mass is 16.2. The van der Waals surface area contributed by atoms with Crippen molar-refractivity contribution in [1.29, 1.82) is 0 Å². The molecule has 4 rings (SSSR count). The minimum absolute atomic E-state index is 0. The number of benzene rings is 2. The van der Waals surface area contributed by atoms with Crippen molar-refractivity contribution in [3.8, 4) is 11.1 Å². The van der Waals surface area contributed by atoms with E-state index in [-0.39, 0.29) is 25.3 Å². The highest BCUT2D eigenvalue weighted by Gasteiger charge is 2.34. The second-order valence-corrected chi connectivity index (χ2v) is 9.13. The summed E-state index contributed by atoms with van der Waals surface area (Å²) in [5, 5.41) is 3.30. The van der Waals surface area contributed by atoms with Crippen molar-refractivity contribution in [3.05, 3.63) is 90.0 Å². The molecule has 1 heterocycles. The maximum absolute atomic E-state index is 13.8. The van der Waals surface area contributed by atoms with E-state index in [9.17, 15) is 4.79 Å². The molecule has 1 aliphatic heterocycles. The summed E-state index contributed by atoms with van der Waals surface area (Å²) in [6.45, 7) is 7.58. The molecule has 4 heteroatoms. The van der Waals surface area contributed by atoms with Gasteiger partial charge >= 0.3 is 0 Å². The molecule has 178 valence electrons. The number of carbonyl (C=O) groups is 1. The van der Waals surface area contributed by atoms with E-state index in [1.165, 1.54) is 16.7 Å². The van der Waals surface area contributed by atoms with Crippen LogP contribution in [0.3, 0.4) is 0 Å². The Morgan fingerprint density at radius 3 is 2.50 bits per heavy atom. The van der Waals surface area contributed by atoms with Gasteiger partial charge in [0, 0.05) is 32.3 Å². The Labute approximate surface area is 205 Å². The van der Waals surface area contributed by atoms with Gasteiger partial charge in [-0.05, 0) is 68.0 Å². The van der Waals surface area contributed by atoms with Gasteiger partial charge in [-0.15, -0.1) is 0 Å². The van der Waals surface area contributed by atoms with Gasteiger partial charge in [0.15, 0.2) is 0 Å². The molecule has 0 saturated heterocycles. The summed E-state index contributed by atoms with van der Waals surface area (Å²) >= 11 is 0. The average molecular weight is 456 g/mol. The normalized spacial score (nSPS) is 19.1. The van der Waals surface area contributed by atoms with Gasteiger partial charge in [-0.2, -0.15) is 0 Å². The zero-order valence-corrected chi connectivity index (χ0v) is 20.4. The molecule has 3 atom stereocenters. The van der Waals surface area contributed by atoms with Gasteiger partial charge in [0.05, 0.1) is 6.04 Å². The molecule has 34 heavy (non-hydrogen) atoms. The van der Waals surface area contributed by atoms with Crippen LogP contribution in [0, 0.1) is 5.92 Å². The molecule has 2 aromatic rings. The summed E-state index contributed by atoms with van der Waals surface area (Å²) < 4.78 is 0. The number of carbonyl (C=O) groups excluding carboxylic acids is 1. The highest BCUT2D eigenvalue weighted by Crippen LogP contribution is 2.28. The Hall–Kier alpha value is -3.40. The third-order valence-electron chi connectivity index (χ3n) is 6.63. The van der Waals surface area contributed by atoms with Crippen LogP contribution in [0.15, 0.2) is 95.0 Å². The van der Waals surface area contributed by atoms with Crippen LogP contribution >= 0.6 is 0 Å². The number of hydrogen-bond acceptors (Lipinski definition) is 3. The van der Waals surface area contributed by atoms with E-state index >= 15 is 0 Å². The van der Waals surface area contributed by atoms with Crippen molar-refractivity contribution in [1.82, 2.24) is 5.32 Å². The smallest absolute Gasteiger partial charge is 0.243 e. The Morgan fingerprint density at radius 1 is 1.12 bits per heavy atom. The fourth-order valence-electron chi connectivity index (χ4n) is 4.86. The number of hydrogen-bond donors (Lipinski definition) is 1. The van der Waals surface area contributed by atoms with Gasteiger partial charge in [0.2, 0.25) is 5.91 Å². The van der Waals surface area contributed by atoms with Crippen LogP contribution in [0.2, 0.25) is 0 Å². The van der Waals surface area contributed by atoms with E-state index in [0.717, 1.165) is 30.6 Å². The number of anilines is 1. The number of likely N-dealkylation sites (N-methyl/N-ethyl adjacent to an activating group) is 1. The lowest BCUT2D eigenvalue weighted by Crippen LogP contribution is -2.54. The first kappa shape index (κ1) is 23.7. The number of allylic oxidation sites excluding steroid dienone is 3. The Balaban J connectivity index is 0.00000342. The number of amides is 1. The molecule has 0 bridgehead atoms. The molecule has 0 fully saturated rings. The number of rotatable bonds is 8. The second kappa shape index (κ2) is 11.1. The van der Waals surface area contributed by atoms with E-state index in [0.29, 0.717) is 6.54 Å². The van der Waals surface area contributed by atoms with Gasteiger partial charge in [0.25, 0.3) is 0 Å². The summed E-state index contributed by atoms with van der Waals surface area (Å²) in [5.41, 5.74) is 5.70. The van der Waals surface area contributed by atoms with E-state index in [1.54, 1.807) is 0 Å². The largest absolute Gasteiger partial charge is 0.359 e. The summed E-state index contributed by atoms with van der Waals surface area (Å²) in [6.07, 6.45) is 12.7. The zero-order chi connectivity index (χ0) is 23.9. The molecule has 0 aromatic heterocycles. The molecule has 1 aliphatic carbocycles. The molecule has 1 unspecified atom stereocenters. The summed E-state index contributed by atoms with van der Waals surface area (Å²) in [5.74, 6) is 0.0642. The number of dihydropyridines is 1. The molecule has 1 N–H and O–H groups in total. The van der Waals surface area contributed by atoms with Crippen molar-refractivity contribution < 1.29 is 6.22 Å². The Morgan fingerprint density at radius 2 is 1.85 bits per heavy atom. The van der Waals surface area contributed by atoms with E-state index in [2.05, 4.69) is 109 Å². The van der Waals surface area contributed by atoms with Crippen molar-refractivity contribution in [2.75, 3.05) is 18.0 Å². The predicted octanol–water partition coefficient (Wildman–Crippen LogP) is 6.22. The van der Waals surface area contributed by atoms with Crippen LogP contribution in [0.4, 0.5) is 5.69 Å². The lowest BCUT2D eigenvalue weighted by molar-refractivity contribution is -0.123. The van der Waals surface area contributed by atoms with Gasteiger partial charge in [0.1, 0.15) is 6.04 Å². The van der Waals surface area contributed by atoms with E-state index in [4.69, 9.17) is 0 Å². The van der Waals surface area contributed by atoms with Gasteiger partial charge in [-0.1, -0.05) is 66.8 Å². The molecule has 4 nitrogen and oxygen atoms in total. The standard InChI is InChI=1S/C30H35N3O.H2/c1-4-33(28-17-15-26(16-18-28)25-13-9-6-10-14-25)29(27-19-22(2)20-31-21-27)30(34)32-23(3)24-11-7-5-8-12-24;/h6-7,9-20,23,27,29H,4-5,8,21H2,1-3H3,(H,32,34);1H/t23-,27?,29+;/m0./s1. The minimum Gasteiger partial charge on any atom is -0.359 e. The maximum Gasteiger partial charge on any atom is 0.243 e. The molecule has 2 aromatic carbocycles. The van der Waals surface area contributed by atoms with E-state index < -0.39 is 0 Å². The van der Waals surface area contributed by atoms with E-state index in [1.807, 2.05) is 12.3 Å². The van der Waals surface area contributed by atoms with Crippen molar-refractivity contribution in [2.45, 2.75) is 45.7 Å². The van der Waals surface area contributed by atoms with Crippen LogP contribution in [-0.2, 0) is 4.79 Å². The second-order valence-electron chi connectivity index (χ2n) is 9.13. The molecular formula is C30H37N3O. The Kier molecular flexibility index (Phi) is 7.79. The summed E-state index contributed by atoms with van der Waals surface area (Å²) in [4.78, 5) is 20.6. The maximum atomic E-state index is 13.8. The fraction of sp³-hybridized carbons (Fsp3) is 0.333. The molecule has 0 radical (unpaired) electrons. The van der Waals surface area contributed by atoms with Gasteiger partial charge < -0.3 is 10.2 Å². The minimum atomic E-state index is -0.337. The summed E-state index contributed by atoms with van der Waals surface area (Å²) in [6, 6.07) is 18.6. The first-order valence-electron chi connectivity index (χ1n) is 12.3. The SMILES string of the molecule is CCN(c1ccc(-c2ccccc2)cc1)[C@@H](C(=O)N[C@@H](C)C1=CCCC=C1)C1C=C(C)C=NC1.[HH]. The van der Waals surface area contributed by atoms with Gasteiger partial charge in [-0.3, -0.25) is 9.79 Å². The number of aliphatic imine (C=N–C) groups is 1. The average Bonchev–Trinajstić information content (AvgIpc) is 2.88. The summed E-state index contributed by atoms with van der Waals surface area (Å²) in [7, 11) is 0. The molecule has 2 aliphatic rings. The lowest BCUT2D eigenvalue weighted by Gasteiger charge is -2.37. The zero-order valence-electron chi connectivity index (χ0n) is 20.4. The van der Waals surface area contributed by atoms with Crippen LogP contribution in [0.1, 0.15) is 35.0 Å². The van der Waals surface area contributed by atoms with Crippen molar-refractivity contribution in [2.24, 2.45) is 10.9 Å². The highest BCUT2D eigenvalue weighted by molar-refractivity contribution is 5.88. The monoisotopic (exact) mass is 455 g/mol.